The van der Waals surface area contributed by atoms with E-state index in [-0.39, 0.29) is 11.7 Å². The Hall–Kier alpha value is -2.35. The summed E-state index contributed by atoms with van der Waals surface area (Å²) in [5.74, 6) is -0.466. The number of aromatic nitrogens is 1. The zero-order chi connectivity index (χ0) is 19.2. The lowest BCUT2D eigenvalue weighted by molar-refractivity contribution is -0.113. The number of ether oxygens (including phenoxy) is 1. The van der Waals surface area contributed by atoms with Crippen LogP contribution in [-0.4, -0.2) is 29.7 Å². The van der Waals surface area contributed by atoms with Crippen LogP contribution in [0.3, 0.4) is 0 Å². The summed E-state index contributed by atoms with van der Waals surface area (Å²) in [6.45, 7) is 0. The zero-order valence-electron chi connectivity index (χ0n) is 14.3. The van der Waals surface area contributed by atoms with Crippen LogP contribution >= 0.6 is 34.7 Å². The summed E-state index contributed by atoms with van der Waals surface area (Å²) in [6, 6.07) is 14.4. The maximum Gasteiger partial charge on any atom is 0.338 e. The molecule has 8 heteroatoms. The number of carbonyl (C=O) groups is 2. The second-order valence-corrected chi connectivity index (χ2v) is 7.68. The molecule has 5 nitrogen and oxygen atoms in total. The van der Waals surface area contributed by atoms with E-state index < -0.39 is 5.97 Å². The van der Waals surface area contributed by atoms with Crippen LogP contribution in [0.25, 0.3) is 11.3 Å². The van der Waals surface area contributed by atoms with Gasteiger partial charge in [-0.1, -0.05) is 35.9 Å². The van der Waals surface area contributed by atoms with Crippen molar-refractivity contribution in [3.8, 4) is 11.3 Å². The number of hydrogen-bond donors (Lipinski definition) is 1. The van der Waals surface area contributed by atoms with Crippen LogP contribution in [0.15, 0.2) is 58.8 Å². The third-order valence-electron chi connectivity index (χ3n) is 3.54. The number of methoxy groups -OCH3 is 1. The Kier molecular flexibility index (Phi) is 6.49. The lowest BCUT2D eigenvalue weighted by Crippen LogP contribution is -2.14. The average Bonchev–Trinajstić information content (AvgIpc) is 3.15. The maximum absolute atomic E-state index is 12.2. The van der Waals surface area contributed by atoms with Crippen LogP contribution in [0, 0.1) is 0 Å². The molecule has 0 saturated carbocycles. The monoisotopic (exact) mass is 418 g/mol. The van der Waals surface area contributed by atoms with Crippen LogP contribution in [-0.2, 0) is 9.53 Å². The second kappa shape index (κ2) is 9.03. The van der Waals surface area contributed by atoms with Crippen molar-refractivity contribution in [3.05, 3.63) is 64.5 Å². The lowest BCUT2D eigenvalue weighted by Gasteiger charge is -2.07. The van der Waals surface area contributed by atoms with E-state index in [2.05, 4.69) is 10.3 Å². The van der Waals surface area contributed by atoms with E-state index in [4.69, 9.17) is 16.3 Å². The van der Waals surface area contributed by atoms with Crippen molar-refractivity contribution in [2.75, 3.05) is 18.2 Å². The minimum atomic E-state index is -0.425. The number of hydrogen-bond acceptors (Lipinski definition) is 6. The van der Waals surface area contributed by atoms with Crippen molar-refractivity contribution >= 4 is 51.7 Å². The van der Waals surface area contributed by atoms with E-state index in [0.717, 1.165) is 11.3 Å². The van der Waals surface area contributed by atoms with Gasteiger partial charge in [0.1, 0.15) is 0 Å². The normalized spacial score (nSPS) is 10.4. The molecule has 3 aromatic rings. The Bertz CT molecular complexity index is 958. The molecule has 0 aliphatic heterocycles. The van der Waals surface area contributed by atoms with Gasteiger partial charge in [0.05, 0.1) is 24.1 Å². The number of carbonyl (C=O) groups excluding carboxylic acids is 2. The average molecular weight is 419 g/mol. The molecule has 0 bridgehead atoms. The fourth-order valence-corrected chi connectivity index (χ4v) is 3.96. The van der Waals surface area contributed by atoms with Gasteiger partial charge in [-0.15, -0.1) is 23.1 Å². The van der Waals surface area contributed by atoms with Crippen LogP contribution in [0.5, 0.6) is 0 Å². The lowest BCUT2D eigenvalue weighted by atomic mass is 10.2. The van der Waals surface area contributed by atoms with Crippen molar-refractivity contribution < 1.29 is 14.3 Å². The van der Waals surface area contributed by atoms with Gasteiger partial charge in [-0.2, -0.15) is 0 Å². The molecule has 2 aromatic carbocycles. The van der Waals surface area contributed by atoms with E-state index in [9.17, 15) is 9.59 Å². The van der Waals surface area contributed by atoms with E-state index in [1.807, 2.05) is 23.6 Å². The Morgan fingerprint density at radius 3 is 2.67 bits per heavy atom. The number of thioether (sulfide) groups is 1. The molecule has 3 rings (SSSR count). The van der Waals surface area contributed by atoms with Crippen LogP contribution in [0.2, 0.25) is 5.02 Å². The number of nitrogens with zero attached hydrogens (tertiary/aromatic N) is 1. The summed E-state index contributed by atoms with van der Waals surface area (Å²) in [4.78, 5) is 29.1. The van der Waals surface area contributed by atoms with E-state index in [0.29, 0.717) is 20.6 Å². The topological polar surface area (TPSA) is 68.3 Å². The number of nitrogens with one attached hydrogen (secondary N) is 1. The predicted molar refractivity (Wildman–Crippen MR) is 110 cm³/mol. The molecule has 27 heavy (non-hydrogen) atoms. The highest BCUT2D eigenvalue weighted by Gasteiger charge is 2.14. The summed E-state index contributed by atoms with van der Waals surface area (Å²) in [6.07, 6.45) is 0. The van der Waals surface area contributed by atoms with Crippen LogP contribution in [0.4, 0.5) is 5.13 Å². The van der Waals surface area contributed by atoms with Crippen molar-refractivity contribution in [3.63, 3.8) is 0 Å². The number of benzene rings is 2. The fraction of sp³-hybridized carbons (Fsp3) is 0.105. The van der Waals surface area contributed by atoms with Crippen molar-refractivity contribution in [2.45, 2.75) is 4.90 Å². The van der Waals surface area contributed by atoms with Gasteiger partial charge in [0.15, 0.2) is 5.13 Å². The quantitative estimate of drug-likeness (QED) is 0.451. The highest BCUT2D eigenvalue weighted by molar-refractivity contribution is 8.00. The number of esters is 1. The molecule has 0 spiro atoms. The van der Waals surface area contributed by atoms with Gasteiger partial charge in [-0.3, -0.25) is 4.79 Å². The first-order valence-electron chi connectivity index (χ1n) is 7.88. The summed E-state index contributed by atoms with van der Waals surface area (Å²) in [5, 5.41) is 5.83. The third kappa shape index (κ3) is 5.09. The van der Waals surface area contributed by atoms with Gasteiger partial charge in [0.2, 0.25) is 5.91 Å². The highest BCUT2D eigenvalue weighted by Crippen LogP contribution is 2.27. The van der Waals surface area contributed by atoms with Crippen molar-refractivity contribution in [1.82, 2.24) is 4.98 Å². The smallest absolute Gasteiger partial charge is 0.338 e. The first-order valence-corrected chi connectivity index (χ1v) is 10.1. The molecular weight excluding hydrogens is 404 g/mol. The van der Waals surface area contributed by atoms with E-state index in [1.165, 1.54) is 30.2 Å². The SMILES string of the molecule is COC(=O)c1ccccc1SCC(=O)Nc1nc(-c2ccc(Cl)cc2)cs1. The van der Waals surface area contributed by atoms with Crippen molar-refractivity contribution in [1.29, 1.82) is 0 Å². The molecule has 1 amide bonds. The molecule has 0 saturated heterocycles. The first-order chi connectivity index (χ1) is 13.1. The standard InChI is InChI=1S/C19H15ClN2O3S2/c1-25-18(24)14-4-2-3-5-16(14)26-11-17(23)22-19-21-15(10-27-19)12-6-8-13(20)9-7-12/h2-10H,11H2,1H3,(H,21,22,23). The molecule has 0 fully saturated rings. The molecule has 1 aromatic heterocycles. The van der Waals surface area contributed by atoms with Gasteiger partial charge in [-0.05, 0) is 24.3 Å². The minimum Gasteiger partial charge on any atom is -0.465 e. The Balaban J connectivity index is 1.61. The number of anilines is 1. The minimum absolute atomic E-state index is 0.157. The first kappa shape index (κ1) is 19.4. The molecule has 0 atom stereocenters. The summed E-state index contributed by atoms with van der Waals surface area (Å²) >= 11 is 8.52. The molecule has 0 radical (unpaired) electrons. The largest absolute Gasteiger partial charge is 0.465 e. The molecule has 0 aliphatic rings. The molecule has 0 unspecified atom stereocenters. The number of rotatable bonds is 6. The fourth-order valence-electron chi connectivity index (χ4n) is 2.25. The van der Waals surface area contributed by atoms with E-state index >= 15 is 0 Å². The Labute approximate surface area is 169 Å². The molecule has 0 aliphatic carbocycles. The molecule has 1 N–H and O–H groups in total. The number of halogens is 1. The molecule has 138 valence electrons. The maximum atomic E-state index is 12.2. The third-order valence-corrected chi connectivity index (χ3v) is 5.62. The van der Waals surface area contributed by atoms with Gasteiger partial charge in [-0.25, -0.2) is 9.78 Å². The number of amides is 1. The zero-order valence-corrected chi connectivity index (χ0v) is 16.7. The predicted octanol–water partition coefficient (Wildman–Crippen LogP) is 4.98. The van der Waals surface area contributed by atoms with Gasteiger partial charge in [0, 0.05) is 20.9 Å². The molecule has 1 heterocycles. The Morgan fingerprint density at radius 1 is 1.19 bits per heavy atom. The summed E-state index contributed by atoms with van der Waals surface area (Å²) in [7, 11) is 1.33. The van der Waals surface area contributed by atoms with Gasteiger partial charge >= 0.3 is 5.97 Å². The van der Waals surface area contributed by atoms with Gasteiger partial charge in [0.25, 0.3) is 0 Å². The summed E-state index contributed by atoms with van der Waals surface area (Å²) < 4.78 is 4.76. The van der Waals surface area contributed by atoms with E-state index in [1.54, 1.807) is 30.3 Å². The summed E-state index contributed by atoms with van der Waals surface area (Å²) in [5.41, 5.74) is 2.14. The molecular formula is C19H15ClN2O3S2. The second-order valence-electron chi connectivity index (χ2n) is 5.37. The van der Waals surface area contributed by atoms with Crippen LogP contribution < -0.4 is 5.32 Å². The Morgan fingerprint density at radius 2 is 1.93 bits per heavy atom. The highest BCUT2D eigenvalue weighted by atomic mass is 35.5. The van der Waals surface area contributed by atoms with Gasteiger partial charge < -0.3 is 10.1 Å². The van der Waals surface area contributed by atoms with Crippen LogP contribution in [0.1, 0.15) is 10.4 Å². The number of thiazole rings is 1. The van der Waals surface area contributed by atoms with Crippen molar-refractivity contribution in [2.24, 2.45) is 0 Å².